The number of nitrogens with one attached hydrogen (secondary N) is 1. The van der Waals surface area contributed by atoms with Gasteiger partial charge in [0.2, 0.25) is 0 Å². The predicted octanol–water partition coefficient (Wildman–Crippen LogP) is 0.836. The lowest BCUT2D eigenvalue weighted by Crippen LogP contribution is -2.82. The molecule has 0 aliphatic heterocycles. The van der Waals surface area contributed by atoms with Crippen LogP contribution in [0.2, 0.25) is 0 Å². The predicted molar refractivity (Wildman–Crippen MR) is 99.0 cm³/mol. The van der Waals surface area contributed by atoms with Gasteiger partial charge in [-0.1, -0.05) is 30.3 Å². The molecule has 0 aliphatic rings. The van der Waals surface area contributed by atoms with Crippen LogP contribution in [0, 0.1) is 0 Å². The van der Waals surface area contributed by atoms with Crippen LogP contribution in [0.4, 0.5) is 0 Å². The van der Waals surface area contributed by atoms with Gasteiger partial charge in [-0.3, -0.25) is 4.79 Å². The number of amides is 1. The minimum atomic E-state index is -0.183. The number of benzene rings is 2. The molecule has 0 heterocycles. The number of aliphatic hydroxyl groups excluding tert-OH is 1. The first kappa shape index (κ1) is 19.8. The Balaban J connectivity index is 1.81. The number of quaternary nitrogens is 1. The molecule has 4 N–H and O–H groups in total. The van der Waals surface area contributed by atoms with Crippen molar-refractivity contribution in [1.82, 2.24) is 5.32 Å². The molecule has 0 saturated heterocycles. The van der Waals surface area contributed by atoms with E-state index in [1.165, 1.54) is 0 Å². The second kappa shape index (κ2) is 11.1. The summed E-state index contributed by atoms with van der Waals surface area (Å²) in [6.45, 7) is 2.29. The van der Waals surface area contributed by atoms with E-state index in [9.17, 15) is 4.79 Å². The molecule has 6 nitrogen and oxygen atoms in total. The highest BCUT2D eigenvalue weighted by Gasteiger charge is 2.09. The summed E-state index contributed by atoms with van der Waals surface area (Å²) in [5.74, 6) is 0.965. The number of rotatable bonds is 11. The van der Waals surface area contributed by atoms with Gasteiger partial charge in [-0.2, -0.15) is 0 Å². The third-order valence-electron chi connectivity index (χ3n) is 3.87. The van der Waals surface area contributed by atoms with Gasteiger partial charge in [-0.25, -0.2) is 0 Å². The van der Waals surface area contributed by atoms with E-state index in [0.717, 1.165) is 30.6 Å². The van der Waals surface area contributed by atoms with E-state index in [1.807, 2.05) is 48.5 Å². The molecule has 0 fully saturated rings. The molecular formula is C20H27N2O4+. The lowest BCUT2D eigenvalue weighted by molar-refractivity contribution is -0.671. The molecule has 0 aliphatic carbocycles. The number of hydrogen-bond donors (Lipinski definition) is 3. The second-order valence-corrected chi connectivity index (χ2v) is 5.89. The smallest absolute Gasteiger partial charge is 0.258 e. The Hall–Kier alpha value is -2.57. The summed E-state index contributed by atoms with van der Waals surface area (Å²) >= 11 is 0. The zero-order valence-corrected chi connectivity index (χ0v) is 15.1. The van der Waals surface area contributed by atoms with Gasteiger partial charge in [0.15, 0.2) is 18.1 Å². The van der Waals surface area contributed by atoms with E-state index in [2.05, 4.69) is 10.6 Å². The molecule has 0 radical (unpaired) electrons. The van der Waals surface area contributed by atoms with Crippen LogP contribution in [0.1, 0.15) is 17.5 Å². The fourth-order valence-electron chi connectivity index (χ4n) is 2.45. The maximum Gasteiger partial charge on any atom is 0.258 e. The molecule has 1 amide bonds. The first-order valence-corrected chi connectivity index (χ1v) is 8.75. The molecule has 140 valence electrons. The van der Waals surface area contributed by atoms with Gasteiger partial charge >= 0.3 is 0 Å². The van der Waals surface area contributed by atoms with E-state index < -0.39 is 0 Å². The molecule has 0 atom stereocenters. The van der Waals surface area contributed by atoms with Gasteiger partial charge in [0, 0.05) is 25.1 Å². The quantitative estimate of drug-likeness (QED) is 0.519. The Morgan fingerprint density at radius 1 is 1.12 bits per heavy atom. The molecule has 2 rings (SSSR count). The van der Waals surface area contributed by atoms with Crippen LogP contribution in [0.3, 0.4) is 0 Å². The van der Waals surface area contributed by atoms with E-state index in [1.54, 1.807) is 7.11 Å². The molecule has 0 bridgehead atoms. The molecule has 0 unspecified atom stereocenters. The molecule has 2 aromatic carbocycles. The lowest BCUT2D eigenvalue weighted by atomic mass is 10.2. The Bertz CT molecular complexity index is 677. The Morgan fingerprint density at radius 2 is 1.92 bits per heavy atom. The molecule has 0 spiro atoms. The van der Waals surface area contributed by atoms with Crippen molar-refractivity contribution in [3.05, 3.63) is 59.7 Å². The Labute approximate surface area is 154 Å². The Morgan fingerprint density at radius 3 is 2.65 bits per heavy atom. The SMILES string of the molecule is COc1cc(C[NH2+]CCCO)ccc1OCC(=O)NCc1ccccc1. The van der Waals surface area contributed by atoms with Crippen molar-refractivity contribution >= 4 is 5.91 Å². The third-order valence-corrected chi connectivity index (χ3v) is 3.87. The highest BCUT2D eigenvalue weighted by molar-refractivity contribution is 5.77. The van der Waals surface area contributed by atoms with Crippen molar-refractivity contribution in [3.63, 3.8) is 0 Å². The molecule has 0 aromatic heterocycles. The number of carbonyl (C=O) groups excluding carboxylic acids is 1. The summed E-state index contributed by atoms with van der Waals surface area (Å²) in [6.07, 6.45) is 0.774. The van der Waals surface area contributed by atoms with E-state index in [4.69, 9.17) is 14.6 Å². The van der Waals surface area contributed by atoms with Crippen LogP contribution in [0.15, 0.2) is 48.5 Å². The van der Waals surface area contributed by atoms with Crippen molar-refractivity contribution in [3.8, 4) is 11.5 Å². The topological polar surface area (TPSA) is 84.4 Å². The number of ether oxygens (including phenoxy) is 2. The second-order valence-electron chi connectivity index (χ2n) is 5.89. The number of methoxy groups -OCH3 is 1. The van der Waals surface area contributed by atoms with Crippen molar-refractivity contribution in [1.29, 1.82) is 0 Å². The molecule has 6 heteroatoms. The summed E-state index contributed by atoms with van der Waals surface area (Å²) in [7, 11) is 1.58. The third kappa shape index (κ3) is 6.74. The van der Waals surface area contributed by atoms with Gasteiger partial charge in [-0.05, 0) is 23.8 Å². The first-order valence-electron chi connectivity index (χ1n) is 8.75. The van der Waals surface area contributed by atoms with Gasteiger partial charge < -0.3 is 25.2 Å². The van der Waals surface area contributed by atoms with Crippen LogP contribution in [-0.2, 0) is 17.9 Å². The highest BCUT2D eigenvalue weighted by atomic mass is 16.5. The van der Waals surface area contributed by atoms with Gasteiger partial charge in [0.25, 0.3) is 5.91 Å². The fourth-order valence-corrected chi connectivity index (χ4v) is 2.45. The molecular weight excluding hydrogens is 332 g/mol. The summed E-state index contributed by atoms with van der Waals surface area (Å²) < 4.78 is 11.0. The minimum absolute atomic E-state index is 0.0643. The summed E-state index contributed by atoms with van der Waals surface area (Å²) in [6, 6.07) is 15.4. The zero-order chi connectivity index (χ0) is 18.6. The highest BCUT2D eigenvalue weighted by Crippen LogP contribution is 2.27. The standard InChI is InChI=1S/C20H26N2O4/c1-25-19-12-17(13-21-10-5-11-23)8-9-18(19)26-15-20(24)22-14-16-6-3-2-4-7-16/h2-4,6-9,12,21,23H,5,10-11,13-15H2,1H3,(H,22,24)/p+1. The number of nitrogens with two attached hydrogens (primary N) is 1. The van der Waals surface area contributed by atoms with E-state index in [0.29, 0.717) is 18.0 Å². The van der Waals surface area contributed by atoms with Crippen molar-refractivity contribution < 1.29 is 24.7 Å². The summed E-state index contributed by atoms with van der Waals surface area (Å²) in [5.41, 5.74) is 2.14. The monoisotopic (exact) mass is 359 g/mol. The van der Waals surface area contributed by atoms with Crippen molar-refractivity contribution in [2.45, 2.75) is 19.5 Å². The van der Waals surface area contributed by atoms with Gasteiger partial charge in [-0.15, -0.1) is 0 Å². The minimum Gasteiger partial charge on any atom is -0.493 e. The largest absolute Gasteiger partial charge is 0.493 e. The van der Waals surface area contributed by atoms with Gasteiger partial charge in [0.1, 0.15) is 6.54 Å². The van der Waals surface area contributed by atoms with Crippen LogP contribution in [0.5, 0.6) is 11.5 Å². The average molecular weight is 359 g/mol. The fraction of sp³-hybridized carbons (Fsp3) is 0.350. The van der Waals surface area contributed by atoms with Crippen LogP contribution < -0.4 is 20.1 Å². The van der Waals surface area contributed by atoms with Crippen molar-refractivity contribution in [2.24, 2.45) is 0 Å². The molecule has 2 aromatic rings. The summed E-state index contributed by atoms with van der Waals surface area (Å²) in [4.78, 5) is 12.0. The van der Waals surface area contributed by atoms with E-state index >= 15 is 0 Å². The zero-order valence-electron chi connectivity index (χ0n) is 15.1. The summed E-state index contributed by atoms with van der Waals surface area (Å²) in [5, 5.41) is 13.8. The number of carbonyl (C=O) groups is 1. The van der Waals surface area contributed by atoms with E-state index in [-0.39, 0.29) is 19.1 Å². The maximum atomic E-state index is 12.0. The molecule has 0 saturated carbocycles. The van der Waals surface area contributed by atoms with Crippen LogP contribution in [0.25, 0.3) is 0 Å². The maximum absolute atomic E-state index is 12.0. The number of aliphatic hydroxyl groups is 1. The number of hydrogen-bond acceptors (Lipinski definition) is 4. The lowest BCUT2D eigenvalue weighted by Gasteiger charge is -2.12. The average Bonchev–Trinajstić information content (AvgIpc) is 2.69. The Kier molecular flexibility index (Phi) is 8.45. The van der Waals surface area contributed by atoms with Gasteiger partial charge in [0.05, 0.1) is 13.7 Å². The first-order chi connectivity index (χ1) is 12.7. The van der Waals surface area contributed by atoms with Crippen LogP contribution in [-0.4, -0.2) is 37.9 Å². The van der Waals surface area contributed by atoms with Crippen molar-refractivity contribution in [2.75, 3.05) is 26.9 Å². The normalized spacial score (nSPS) is 10.4. The van der Waals surface area contributed by atoms with Crippen LogP contribution >= 0.6 is 0 Å². The molecule has 26 heavy (non-hydrogen) atoms.